The number of allylic oxidation sites excluding steroid dienone is 2. The quantitative estimate of drug-likeness (QED) is 0.667. The third-order valence-electron chi connectivity index (χ3n) is 2.72. The average molecular weight is 273 g/mol. The predicted molar refractivity (Wildman–Crippen MR) is 75.6 cm³/mol. The fraction of sp³-hybridized carbons (Fsp3) is 0.0667. The van der Waals surface area contributed by atoms with E-state index in [-0.39, 0.29) is 0 Å². The monoisotopic (exact) mass is 272 g/mol. The van der Waals surface area contributed by atoms with E-state index >= 15 is 0 Å². The highest BCUT2D eigenvalue weighted by Crippen LogP contribution is 2.30. The molecule has 0 aromatic heterocycles. The van der Waals surface area contributed by atoms with Crippen molar-refractivity contribution >= 4 is 32.8 Å². The van der Waals surface area contributed by atoms with E-state index in [9.17, 15) is 0 Å². The van der Waals surface area contributed by atoms with Gasteiger partial charge in [0.2, 0.25) is 0 Å². The van der Waals surface area contributed by atoms with Gasteiger partial charge in [-0.15, -0.1) is 0 Å². The standard InChI is InChI=1S/C15H13Br/c1-3-4-7-12-10-15(16)14-9-6-5-8-13(14)11(12)2/h3-10H,1H2,2H3/b7-4-. The second kappa shape index (κ2) is 4.67. The predicted octanol–water partition coefficient (Wildman–Crippen LogP) is 5.11. The molecule has 0 spiro atoms. The summed E-state index contributed by atoms with van der Waals surface area (Å²) in [5.41, 5.74) is 2.53. The first-order chi connectivity index (χ1) is 7.74. The van der Waals surface area contributed by atoms with Crippen LogP contribution in [0, 0.1) is 6.92 Å². The topological polar surface area (TPSA) is 0 Å². The lowest BCUT2D eigenvalue weighted by Gasteiger charge is -2.08. The van der Waals surface area contributed by atoms with Crippen LogP contribution in [0.25, 0.3) is 16.8 Å². The number of hydrogen-bond donors (Lipinski definition) is 0. The second-order valence-electron chi connectivity index (χ2n) is 3.71. The molecule has 0 fully saturated rings. The van der Waals surface area contributed by atoms with Crippen LogP contribution in [0.3, 0.4) is 0 Å². The van der Waals surface area contributed by atoms with Gasteiger partial charge in [0.15, 0.2) is 0 Å². The number of benzene rings is 2. The number of fused-ring (bicyclic) bond motifs is 1. The number of rotatable bonds is 2. The molecule has 0 aliphatic carbocycles. The summed E-state index contributed by atoms with van der Waals surface area (Å²) in [6.07, 6.45) is 5.84. The molecule has 0 saturated carbocycles. The molecule has 2 aromatic carbocycles. The van der Waals surface area contributed by atoms with Crippen LogP contribution in [0.5, 0.6) is 0 Å². The minimum atomic E-state index is 1.14. The summed E-state index contributed by atoms with van der Waals surface area (Å²) in [6.45, 7) is 5.84. The van der Waals surface area contributed by atoms with Gasteiger partial charge in [-0.3, -0.25) is 0 Å². The third kappa shape index (κ3) is 1.96. The van der Waals surface area contributed by atoms with E-state index in [4.69, 9.17) is 0 Å². The molecule has 0 nitrogen and oxygen atoms in total. The highest BCUT2D eigenvalue weighted by Gasteiger charge is 2.04. The molecule has 0 atom stereocenters. The van der Waals surface area contributed by atoms with Crippen molar-refractivity contribution < 1.29 is 0 Å². The lowest BCUT2D eigenvalue weighted by atomic mass is 10.00. The zero-order chi connectivity index (χ0) is 11.5. The Hall–Kier alpha value is -1.34. The van der Waals surface area contributed by atoms with Gasteiger partial charge in [-0.25, -0.2) is 0 Å². The highest BCUT2D eigenvalue weighted by atomic mass is 79.9. The Morgan fingerprint density at radius 1 is 1.19 bits per heavy atom. The molecule has 0 heterocycles. The Bertz CT molecular complexity index is 565. The smallest absolute Gasteiger partial charge is 0.0259 e. The van der Waals surface area contributed by atoms with E-state index < -0.39 is 0 Å². The molecule has 80 valence electrons. The maximum Gasteiger partial charge on any atom is 0.0259 e. The summed E-state index contributed by atoms with van der Waals surface area (Å²) >= 11 is 3.61. The molecule has 0 radical (unpaired) electrons. The maximum absolute atomic E-state index is 3.69. The molecule has 0 unspecified atom stereocenters. The fourth-order valence-electron chi connectivity index (χ4n) is 1.84. The molecule has 0 amide bonds. The summed E-state index contributed by atoms with van der Waals surface area (Å²) in [6, 6.07) is 10.6. The van der Waals surface area contributed by atoms with Gasteiger partial charge in [0.1, 0.15) is 0 Å². The van der Waals surface area contributed by atoms with Crippen LogP contribution in [-0.2, 0) is 0 Å². The molecular weight excluding hydrogens is 260 g/mol. The van der Waals surface area contributed by atoms with Crippen molar-refractivity contribution in [2.45, 2.75) is 6.92 Å². The van der Waals surface area contributed by atoms with E-state index in [1.54, 1.807) is 6.08 Å². The van der Waals surface area contributed by atoms with Crippen molar-refractivity contribution in [2.24, 2.45) is 0 Å². The molecule has 0 N–H and O–H groups in total. The van der Waals surface area contributed by atoms with Gasteiger partial charge >= 0.3 is 0 Å². The molecule has 0 saturated heterocycles. The van der Waals surface area contributed by atoms with Crippen LogP contribution in [0.2, 0.25) is 0 Å². The highest BCUT2D eigenvalue weighted by molar-refractivity contribution is 9.10. The third-order valence-corrected chi connectivity index (χ3v) is 3.37. The second-order valence-corrected chi connectivity index (χ2v) is 4.57. The Balaban J connectivity index is 2.74. The van der Waals surface area contributed by atoms with Gasteiger partial charge < -0.3 is 0 Å². The summed E-state index contributed by atoms with van der Waals surface area (Å²) in [5, 5.41) is 2.55. The van der Waals surface area contributed by atoms with Crippen molar-refractivity contribution in [3.8, 4) is 0 Å². The van der Waals surface area contributed by atoms with Gasteiger partial charge in [0.25, 0.3) is 0 Å². The van der Waals surface area contributed by atoms with E-state index in [1.807, 2.05) is 6.08 Å². The number of hydrogen-bond acceptors (Lipinski definition) is 0. The van der Waals surface area contributed by atoms with Crippen molar-refractivity contribution in [3.63, 3.8) is 0 Å². The zero-order valence-corrected chi connectivity index (χ0v) is 10.8. The maximum atomic E-state index is 3.69. The van der Waals surface area contributed by atoms with E-state index in [0.717, 1.165) is 4.47 Å². The largest absolute Gasteiger partial charge is 0.0991 e. The van der Waals surface area contributed by atoms with Gasteiger partial charge in [-0.05, 0) is 34.9 Å². The molecular formula is C15H13Br. The first kappa shape index (κ1) is 11.2. The first-order valence-corrected chi connectivity index (χ1v) is 6.00. The van der Waals surface area contributed by atoms with E-state index in [1.165, 1.54) is 21.9 Å². The van der Waals surface area contributed by atoms with E-state index in [2.05, 4.69) is 65.8 Å². The van der Waals surface area contributed by atoms with Gasteiger partial charge in [0, 0.05) is 4.47 Å². The molecule has 0 bridgehead atoms. The summed E-state index contributed by atoms with van der Waals surface area (Å²) in [7, 11) is 0. The Morgan fingerprint density at radius 3 is 2.56 bits per heavy atom. The fourth-order valence-corrected chi connectivity index (χ4v) is 2.43. The van der Waals surface area contributed by atoms with Crippen LogP contribution >= 0.6 is 15.9 Å². The molecule has 2 aromatic rings. The van der Waals surface area contributed by atoms with Crippen LogP contribution in [0.15, 0.2) is 53.5 Å². The van der Waals surface area contributed by atoms with Crippen LogP contribution in [0.4, 0.5) is 0 Å². The molecule has 0 aliphatic heterocycles. The Kier molecular flexibility index (Phi) is 3.25. The zero-order valence-electron chi connectivity index (χ0n) is 9.20. The SMILES string of the molecule is C=C/C=C\c1cc(Br)c2ccccc2c1C. The number of aryl methyl sites for hydroxylation is 1. The van der Waals surface area contributed by atoms with Gasteiger partial charge in [-0.1, -0.05) is 65.0 Å². The first-order valence-electron chi connectivity index (χ1n) is 5.21. The van der Waals surface area contributed by atoms with Gasteiger partial charge in [-0.2, -0.15) is 0 Å². The van der Waals surface area contributed by atoms with E-state index in [0.29, 0.717) is 0 Å². The molecule has 0 aliphatic rings. The van der Waals surface area contributed by atoms with Crippen molar-refractivity contribution in [3.05, 3.63) is 64.7 Å². The normalized spacial score (nSPS) is 11.1. The van der Waals surface area contributed by atoms with Crippen LogP contribution < -0.4 is 0 Å². The van der Waals surface area contributed by atoms with Crippen molar-refractivity contribution in [2.75, 3.05) is 0 Å². The lowest BCUT2D eigenvalue weighted by molar-refractivity contribution is 1.48. The number of halogens is 1. The van der Waals surface area contributed by atoms with Gasteiger partial charge in [0.05, 0.1) is 0 Å². The lowest BCUT2D eigenvalue weighted by Crippen LogP contribution is -1.85. The summed E-state index contributed by atoms with van der Waals surface area (Å²) in [4.78, 5) is 0. The minimum Gasteiger partial charge on any atom is -0.0991 e. The Labute approximate surface area is 104 Å². The molecule has 1 heteroatoms. The van der Waals surface area contributed by atoms with Crippen molar-refractivity contribution in [1.29, 1.82) is 0 Å². The van der Waals surface area contributed by atoms with Crippen molar-refractivity contribution in [1.82, 2.24) is 0 Å². The summed E-state index contributed by atoms with van der Waals surface area (Å²) in [5.74, 6) is 0. The molecule has 2 rings (SSSR count). The summed E-state index contributed by atoms with van der Waals surface area (Å²) < 4.78 is 1.14. The van der Waals surface area contributed by atoms with Crippen LogP contribution in [-0.4, -0.2) is 0 Å². The minimum absolute atomic E-state index is 1.14. The van der Waals surface area contributed by atoms with Crippen LogP contribution in [0.1, 0.15) is 11.1 Å². The molecule has 16 heavy (non-hydrogen) atoms. The Morgan fingerprint density at radius 2 is 1.88 bits per heavy atom. The average Bonchev–Trinajstić information content (AvgIpc) is 2.32.